The Hall–Kier alpha value is -2.37. The minimum absolute atomic E-state index is 0.176. The van der Waals surface area contributed by atoms with Crippen LogP contribution in [0, 0.1) is 0 Å². The van der Waals surface area contributed by atoms with Gasteiger partial charge in [0.25, 0.3) is 0 Å². The Balaban J connectivity index is -0.000000218. The second-order valence-corrected chi connectivity index (χ2v) is 3.64. The zero-order valence-corrected chi connectivity index (χ0v) is 12.4. The molecule has 0 saturated heterocycles. The van der Waals surface area contributed by atoms with Gasteiger partial charge in [-0.1, -0.05) is 18.7 Å². The molecule has 0 atom stereocenters. The van der Waals surface area contributed by atoms with Crippen LogP contribution in [0.1, 0.15) is 34.6 Å². The van der Waals surface area contributed by atoms with E-state index in [1.54, 1.807) is 39.8 Å². The summed E-state index contributed by atoms with van der Waals surface area (Å²) in [7, 11) is 0. The fraction of sp³-hybridized carbons (Fsp3) is 0.357. The predicted octanol–water partition coefficient (Wildman–Crippen LogP) is 2.72. The molecule has 114 valence electrons. The highest BCUT2D eigenvalue weighted by Gasteiger charge is 1.94. The first-order valence-electron chi connectivity index (χ1n) is 5.62. The molecule has 0 amide bonds. The number of hydrogen-bond acceptors (Lipinski definition) is 3. The van der Waals surface area contributed by atoms with Crippen molar-refractivity contribution in [3.63, 3.8) is 0 Å². The molecule has 0 heterocycles. The third-order valence-electron chi connectivity index (χ3n) is 1.91. The van der Waals surface area contributed by atoms with Crippen molar-refractivity contribution in [2.24, 2.45) is 0 Å². The summed E-state index contributed by atoms with van der Waals surface area (Å²) in [5.41, 5.74) is 0.954. The van der Waals surface area contributed by atoms with Crippen LogP contribution in [0.5, 0.6) is 0 Å². The van der Waals surface area contributed by atoms with E-state index in [0.717, 1.165) is 0 Å². The largest absolute Gasteiger partial charge is 0.478 e. The van der Waals surface area contributed by atoms with Crippen molar-refractivity contribution in [1.29, 1.82) is 0 Å². The first-order chi connectivity index (χ1) is 9.00. The van der Waals surface area contributed by atoms with E-state index in [-0.39, 0.29) is 5.57 Å². The molecule has 0 bridgehead atoms. The predicted molar refractivity (Wildman–Crippen MR) is 76.6 cm³/mol. The van der Waals surface area contributed by atoms with Crippen molar-refractivity contribution in [1.82, 2.24) is 0 Å². The Morgan fingerprint density at radius 1 is 0.750 bits per heavy atom. The highest BCUT2D eigenvalue weighted by atomic mass is 16.4. The number of aliphatic carboxylic acids is 3. The quantitative estimate of drug-likeness (QED) is 0.688. The average molecular weight is 286 g/mol. The Kier molecular flexibility index (Phi) is 14.9. The minimum atomic E-state index is -0.935. The summed E-state index contributed by atoms with van der Waals surface area (Å²) in [6, 6.07) is 0. The molecular weight excluding hydrogens is 264 g/mol. The molecular formula is C14H22O6. The summed E-state index contributed by atoms with van der Waals surface area (Å²) >= 11 is 0. The molecule has 0 aromatic carbocycles. The van der Waals surface area contributed by atoms with E-state index in [1.807, 2.05) is 0 Å². The lowest BCUT2D eigenvalue weighted by Crippen LogP contribution is -1.93. The Bertz CT molecular complexity index is 375. The molecule has 0 aliphatic heterocycles. The van der Waals surface area contributed by atoms with E-state index in [2.05, 4.69) is 6.58 Å². The van der Waals surface area contributed by atoms with E-state index in [0.29, 0.717) is 11.1 Å². The first kappa shape index (κ1) is 22.8. The van der Waals surface area contributed by atoms with Crippen molar-refractivity contribution in [2.45, 2.75) is 34.6 Å². The summed E-state index contributed by atoms with van der Waals surface area (Å²) in [6.45, 7) is 11.1. The van der Waals surface area contributed by atoms with Crippen LogP contribution < -0.4 is 0 Å². The monoisotopic (exact) mass is 286 g/mol. The van der Waals surface area contributed by atoms with Crippen LogP contribution >= 0.6 is 0 Å². The van der Waals surface area contributed by atoms with Crippen LogP contribution in [0.15, 0.2) is 35.5 Å². The van der Waals surface area contributed by atoms with Gasteiger partial charge in [-0.25, -0.2) is 14.4 Å². The maximum absolute atomic E-state index is 9.86. The average Bonchev–Trinajstić information content (AvgIpc) is 2.37. The van der Waals surface area contributed by atoms with Crippen LogP contribution in [0.2, 0.25) is 0 Å². The summed E-state index contributed by atoms with van der Waals surface area (Å²) in [4.78, 5) is 29.3. The van der Waals surface area contributed by atoms with Crippen LogP contribution in [0.3, 0.4) is 0 Å². The van der Waals surface area contributed by atoms with E-state index in [4.69, 9.17) is 15.3 Å². The number of hydrogen-bond donors (Lipinski definition) is 3. The molecule has 0 radical (unpaired) electrons. The topological polar surface area (TPSA) is 112 Å². The van der Waals surface area contributed by atoms with Gasteiger partial charge < -0.3 is 15.3 Å². The van der Waals surface area contributed by atoms with Gasteiger partial charge in [-0.2, -0.15) is 0 Å². The molecule has 20 heavy (non-hydrogen) atoms. The normalized spacial score (nSPS) is 10.2. The lowest BCUT2D eigenvalue weighted by atomic mass is 10.3. The lowest BCUT2D eigenvalue weighted by molar-refractivity contribution is -0.133. The summed E-state index contributed by atoms with van der Waals surface area (Å²) in [5.74, 6) is -2.62. The molecule has 0 aromatic heterocycles. The minimum Gasteiger partial charge on any atom is -0.478 e. The van der Waals surface area contributed by atoms with E-state index < -0.39 is 17.9 Å². The molecule has 0 saturated carbocycles. The zero-order chi connectivity index (χ0) is 16.9. The maximum atomic E-state index is 9.86. The standard InChI is InChI=1S/2C5H8O2.C4H6O2/c2*1-3-4(2)5(6)7;1-3(2)4(5)6/h2*3H,1-2H3,(H,6,7);1H2,2H3,(H,5,6). The van der Waals surface area contributed by atoms with Gasteiger partial charge in [-0.3, -0.25) is 0 Å². The first-order valence-corrected chi connectivity index (χ1v) is 5.62. The Labute approximate surface area is 118 Å². The molecule has 6 heteroatoms. The highest BCUT2D eigenvalue weighted by molar-refractivity contribution is 5.86. The number of carboxylic acid groups (broad SMARTS) is 3. The molecule has 0 aromatic rings. The number of rotatable bonds is 3. The molecule has 0 fully saturated rings. The van der Waals surface area contributed by atoms with Crippen LogP contribution in [0.25, 0.3) is 0 Å². The maximum Gasteiger partial charge on any atom is 0.330 e. The van der Waals surface area contributed by atoms with Gasteiger partial charge >= 0.3 is 17.9 Å². The number of carbonyl (C=O) groups is 3. The third kappa shape index (κ3) is 18.0. The molecule has 3 N–H and O–H groups in total. The van der Waals surface area contributed by atoms with Gasteiger partial charge in [0.1, 0.15) is 0 Å². The number of carboxylic acids is 3. The fourth-order valence-electron chi connectivity index (χ4n) is 0.247. The van der Waals surface area contributed by atoms with Crippen LogP contribution in [-0.2, 0) is 14.4 Å². The van der Waals surface area contributed by atoms with E-state index in [9.17, 15) is 14.4 Å². The third-order valence-corrected chi connectivity index (χ3v) is 1.91. The molecule has 6 nitrogen and oxygen atoms in total. The summed E-state index contributed by atoms with van der Waals surface area (Å²) in [6.07, 6.45) is 3.12. The second-order valence-electron chi connectivity index (χ2n) is 3.64. The molecule has 0 aliphatic carbocycles. The summed E-state index contributed by atoms with van der Waals surface area (Å²) in [5, 5.41) is 24.1. The zero-order valence-electron chi connectivity index (χ0n) is 12.4. The highest BCUT2D eigenvalue weighted by Crippen LogP contribution is 1.88. The van der Waals surface area contributed by atoms with Crippen molar-refractivity contribution >= 4 is 17.9 Å². The Morgan fingerprint density at radius 3 is 0.950 bits per heavy atom. The second kappa shape index (κ2) is 13.1. The van der Waals surface area contributed by atoms with Crippen molar-refractivity contribution in [3.8, 4) is 0 Å². The number of allylic oxidation sites excluding steroid dienone is 2. The van der Waals surface area contributed by atoms with Crippen molar-refractivity contribution in [3.05, 3.63) is 35.5 Å². The van der Waals surface area contributed by atoms with Crippen LogP contribution in [-0.4, -0.2) is 33.2 Å². The van der Waals surface area contributed by atoms with Gasteiger partial charge in [0, 0.05) is 16.7 Å². The molecule has 0 spiro atoms. The van der Waals surface area contributed by atoms with Gasteiger partial charge in [-0.05, 0) is 34.6 Å². The van der Waals surface area contributed by atoms with E-state index >= 15 is 0 Å². The van der Waals surface area contributed by atoms with Gasteiger partial charge in [0.2, 0.25) is 0 Å². The van der Waals surface area contributed by atoms with Gasteiger partial charge in [0.15, 0.2) is 0 Å². The van der Waals surface area contributed by atoms with Crippen LogP contribution in [0.4, 0.5) is 0 Å². The smallest absolute Gasteiger partial charge is 0.330 e. The lowest BCUT2D eigenvalue weighted by Gasteiger charge is -1.84. The molecule has 0 aliphatic rings. The Morgan fingerprint density at radius 2 is 0.950 bits per heavy atom. The molecule has 0 rings (SSSR count). The SMILES string of the molecule is C=C(C)C(=O)O.CC=C(C)C(=O)O.CC=C(C)C(=O)O. The van der Waals surface area contributed by atoms with E-state index in [1.165, 1.54) is 6.92 Å². The van der Waals surface area contributed by atoms with Crippen molar-refractivity contribution in [2.75, 3.05) is 0 Å². The summed E-state index contributed by atoms with van der Waals surface area (Å²) < 4.78 is 0. The van der Waals surface area contributed by atoms with Crippen molar-refractivity contribution < 1.29 is 29.7 Å². The van der Waals surface area contributed by atoms with Gasteiger partial charge in [0.05, 0.1) is 0 Å². The molecule has 0 unspecified atom stereocenters. The van der Waals surface area contributed by atoms with Gasteiger partial charge in [-0.15, -0.1) is 0 Å². The fourth-order valence-corrected chi connectivity index (χ4v) is 0.247.